The maximum absolute atomic E-state index is 12.1. The summed E-state index contributed by atoms with van der Waals surface area (Å²) in [5, 5.41) is 9.47. The van der Waals surface area contributed by atoms with Crippen molar-refractivity contribution in [3.05, 3.63) is 33.2 Å². The molecule has 1 fully saturated rings. The highest BCUT2D eigenvalue weighted by Gasteiger charge is 2.24. The normalized spacial score (nSPS) is 14.1. The fourth-order valence-corrected chi connectivity index (χ4v) is 2.93. The molecule has 0 radical (unpaired) electrons. The summed E-state index contributed by atoms with van der Waals surface area (Å²) in [4.78, 5) is 30.1. The first-order valence-electron chi connectivity index (χ1n) is 6.62. The standard InChI is InChI=1S/C14H14N2O4S/c1-7-11(14(18)19)21-13(16-7)10-9(4-5-15-12(10)17)20-6-8-2-3-8/h4-5,8H,2-3,6H2,1H3,(H,15,17)(H,18,19). The number of carboxylic acid groups (broad SMARTS) is 1. The van der Waals surface area contributed by atoms with E-state index in [4.69, 9.17) is 9.84 Å². The molecule has 0 aromatic carbocycles. The Morgan fingerprint density at radius 2 is 2.33 bits per heavy atom. The first-order valence-corrected chi connectivity index (χ1v) is 7.43. The number of carbonyl (C=O) groups is 1. The number of aromatic nitrogens is 2. The molecule has 0 bridgehead atoms. The largest absolute Gasteiger partial charge is 0.492 e. The predicted octanol–water partition coefficient (Wildman–Crippen LogP) is 2.29. The van der Waals surface area contributed by atoms with E-state index < -0.39 is 5.97 Å². The van der Waals surface area contributed by atoms with E-state index in [1.54, 1.807) is 13.0 Å². The van der Waals surface area contributed by atoms with Gasteiger partial charge in [-0.15, -0.1) is 11.3 Å². The molecule has 2 heterocycles. The Labute approximate surface area is 124 Å². The van der Waals surface area contributed by atoms with Crippen molar-refractivity contribution in [3.8, 4) is 16.3 Å². The van der Waals surface area contributed by atoms with Crippen LogP contribution in [0, 0.1) is 12.8 Å². The van der Waals surface area contributed by atoms with Gasteiger partial charge in [0.15, 0.2) is 0 Å². The van der Waals surface area contributed by atoms with E-state index in [1.807, 2.05) is 0 Å². The second kappa shape index (κ2) is 5.33. The van der Waals surface area contributed by atoms with E-state index in [2.05, 4.69) is 9.97 Å². The van der Waals surface area contributed by atoms with Crippen LogP contribution in [-0.2, 0) is 0 Å². The van der Waals surface area contributed by atoms with Crippen molar-refractivity contribution in [2.45, 2.75) is 19.8 Å². The van der Waals surface area contributed by atoms with E-state index in [1.165, 1.54) is 6.20 Å². The summed E-state index contributed by atoms with van der Waals surface area (Å²) in [6.45, 7) is 2.19. The number of nitrogens with zero attached hydrogens (tertiary/aromatic N) is 1. The molecule has 1 aliphatic rings. The fourth-order valence-electron chi connectivity index (χ4n) is 1.98. The van der Waals surface area contributed by atoms with Crippen LogP contribution in [0.1, 0.15) is 28.2 Å². The second-order valence-corrected chi connectivity index (χ2v) is 6.04. The molecular formula is C14H14N2O4S. The number of pyridine rings is 1. The Kier molecular flexibility index (Phi) is 3.50. The Balaban J connectivity index is 2.01. The molecule has 0 atom stereocenters. The maximum atomic E-state index is 12.1. The third kappa shape index (κ3) is 2.82. The average molecular weight is 306 g/mol. The van der Waals surface area contributed by atoms with Gasteiger partial charge < -0.3 is 14.8 Å². The van der Waals surface area contributed by atoms with Gasteiger partial charge in [0.25, 0.3) is 5.56 Å². The number of aryl methyl sites for hydroxylation is 1. The molecule has 0 saturated heterocycles. The van der Waals surface area contributed by atoms with Crippen LogP contribution in [0.2, 0.25) is 0 Å². The molecule has 1 saturated carbocycles. The van der Waals surface area contributed by atoms with Gasteiger partial charge >= 0.3 is 5.97 Å². The van der Waals surface area contributed by atoms with Gasteiger partial charge in [0.2, 0.25) is 0 Å². The predicted molar refractivity (Wildman–Crippen MR) is 78.1 cm³/mol. The second-order valence-electron chi connectivity index (χ2n) is 5.04. The average Bonchev–Trinajstić information content (AvgIpc) is 3.18. The number of ether oxygens (including phenoxy) is 1. The van der Waals surface area contributed by atoms with Gasteiger partial charge in [-0.2, -0.15) is 0 Å². The summed E-state index contributed by atoms with van der Waals surface area (Å²) in [7, 11) is 0. The molecule has 0 unspecified atom stereocenters. The topological polar surface area (TPSA) is 92.3 Å². The minimum absolute atomic E-state index is 0.140. The van der Waals surface area contributed by atoms with E-state index in [0.717, 1.165) is 24.2 Å². The monoisotopic (exact) mass is 306 g/mol. The number of aromatic amines is 1. The summed E-state index contributed by atoms with van der Waals surface area (Å²) >= 11 is 0.988. The molecule has 110 valence electrons. The molecule has 0 amide bonds. The van der Waals surface area contributed by atoms with Crippen LogP contribution in [0.15, 0.2) is 17.1 Å². The summed E-state index contributed by atoms with van der Waals surface area (Å²) in [6.07, 6.45) is 3.82. The SMILES string of the molecule is Cc1nc(-c2c(OCC3CC3)cc[nH]c2=O)sc1C(=O)O. The van der Waals surface area contributed by atoms with Crippen LogP contribution in [0.3, 0.4) is 0 Å². The minimum Gasteiger partial charge on any atom is -0.492 e. The van der Waals surface area contributed by atoms with Gasteiger partial charge in [-0.25, -0.2) is 9.78 Å². The van der Waals surface area contributed by atoms with Gasteiger partial charge in [-0.1, -0.05) is 0 Å². The third-order valence-electron chi connectivity index (χ3n) is 3.30. The van der Waals surface area contributed by atoms with Crippen LogP contribution in [-0.4, -0.2) is 27.7 Å². The summed E-state index contributed by atoms with van der Waals surface area (Å²) in [5.74, 6) is -0.0230. The van der Waals surface area contributed by atoms with Gasteiger partial charge in [0.05, 0.1) is 12.3 Å². The highest BCUT2D eigenvalue weighted by Crippen LogP contribution is 2.34. The number of carboxylic acids is 1. The van der Waals surface area contributed by atoms with Crippen molar-refractivity contribution in [2.24, 2.45) is 5.92 Å². The number of hydrogen-bond acceptors (Lipinski definition) is 5. The van der Waals surface area contributed by atoms with Gasteiger partial charge in [0.1, 0.15) is 21.2 Å². The first kappa shape index (κ1) is 13.8. The summed E-state index contributed by atoms with van der Waals surface area (Å²) < 4.78 is 5.71. The zero-order valence-corrected chi connectivity index (χ0v) is 12.2. The molecule has 2 aromatic heterocycles. The molecule has 6 nitrogen and oxygen atoms in total. The number of H-pyrrole nitrogens is 1. The highest BCUT2D eigenvalue weighted by molar-refractivity contribution is 7.17. The lowest BCUT2D eigenvalue weighted by molar-refractivity contribution is 0.0701. The number of hydrogen-bond donors (Lipinski definition) is 2. The number of thiazole rings is 1. The molecular weight excluding hydrogens is 292 g/mol. The maximum Gasteiger partial charge on any atom is 0.347 e. The van der Waals surface area contributed by atoms with Crippen molar-refractivity contribution in [3.63, 3.8) is 0 Å². The van der Waals surface area contributed by atoms with Gasteiger partial charge in [0, 0.05) is 6.20 Å². The zero-order valence-electron chi connectivity index (χ0n) is 11.4. The Morgan fingerprint density at radius 3 is 2.95 bits per heavy atom. The van der Waals surface area contributed by atoms with Crippen LogP contribution in [0.5, 0.6) is 5.75 Å². The third-order valence-corrected chi connectivity index (χ3v) is 4.46. The lowest BCUT2D eigenvalue weighted by Gasteiger charge is -2.08. The quantitative estimate of drug-likeness (QED) is 0.884. The molecule has 0 spiro atoms. The van der Waals surface area contributed by atoms with Gasteiger partial charge in [-0.3, -0.25) is 4.79 Å². The van der Waals surface area contributed by atoms with Crippen LogP contribution < -0.4 is 10.3 Å². The molecule has 1 aliphatic carbocycles. The Morgan fingerprint density at radius 1 is 1.57 bits per heavy atom. The zero-order chi connectivity index (χ0) is 15.0. The van der Waals surface area contributed by atoms with E-state index in [-0.39, 0.29) is 10.4 Å². The molecule has 7 heteroatoms. The van der Waals surface area contributed by atoms with Crippen molar-refractivity contribution >= 4 is 17.3 Å². The first-order chi connectivity index (χ1) is 10.1. The number of rotatable bonds is 5. The lowest BCUT2D eigenvalue weighted by atomic mass is 10.2. The molecule has 3 rings (SSSR count). The number of aromatic carboxylic acids is 1. The van der Waals surface area contributed by atoms with Crippen molar-refractivity contribution in [1.82, 2.24) is 9.97 Å². The molecule has 0 aliphatic heterocycles. The number of nitrogens with one attached hydrogen (secondary N) is 1. The fraction of sp³-hybridized carbons (Fsp3) is 0.357. The van der Waals surface area contributed by atoms with E-state index in [9.17, 15) is 9.59 Å². The highest BCUT2D eigenvalue weighted by atomic mass is 32.1. The molecule has 2 N–H and O–H groups in total. The van der Waals surface area contributed by atoms with Crippen molar-refractivity contribution < 1.29 is 14.6 Å². The van der Waals surface area contributed by atoms with Crippen molar-refractivity contribution in [2.75, 3.05) is 6.61 Å². The van der Waals surface area contributed by atoms with Crippen molar-refractivity contribution in [1.29, 1.82) is 0 Å². The Bertz CT molecular complexity index is 746. The van der Waals surface area contributed by atoms with Crippen LogP contribution in [0.25, 0.3) is 10.6 Å². The van der Waals surface area contributed by atoms with E-state index in [0.29, 0.717) is 34.5 Å². The van der Waals surface area contributed by atoms with Gasteiger partial charge in [-0.05, 0) is 31.7 Å². The van der Waals surface area contributed by atoms with Crippen LogP contribution >= 0.6 is 11.3 Å². The summed E-state index contributed by atoms with van der Waals surface area (Å²) in [6, 6.07) is 1.68. The Hall–Kier alpha value is -2.15. The molecule has 21 heavy (non-hydrogen) atoms. The summed E-state index contributed by atoms with van der Waals surface area (Å²) in [5.41, 5.74) is 0.381. The smallest absolute Gasteiger partial charge is 0.347 e. The molecule has 2 aromatic rings. The van der Waals surface area contributed by atoms with Crippen LogP contribution in [0.4, 0.5) is 0 Å². The minimum atomic E-state index is -1.04. The van der Waals surface area contributed by atoms with E-state index >= 15 is 0 Å². The lowest BCUT2D eigenvalue weighted by Crippen LogP contribution is -2.11.